The Hall–Kier alpha value is -1.95. The fourth-order valence-corrected chi connectivity index (χ4v) is 2.04. The van der Waals surface area contributed by atoms with Gasteiger partial charge in [0.2, 0.25) is 0 Å². The number of anilines is 2. The van der Waals surface area contributed by atoms with E-state index in [9.17, 15) is 4.79 Å². The van der Waals surface area contributed by atoms with E-state index in [1.807, 2.05) is 18.2 Å². The number of rotatable bonds is 6. The lowest BCUT2D eigenvalue weighted by molar-refractivity contribution is 0.102. The Bertz CT molecular complexity index is 611. The maximum absolute atomic E-state index is 12.0. The van der Waals surface area contributed by atoms with Gasteiger partial charge in [0.05, 0.1) is 0 Å². The van der Waals surface area contributed by atoms with Gasteiger partial charge in [-0.3, -0.25) is 4.79 Å². The molecule has 5 nitrogen and oxygen atoms in total. The molecule has 0 unspecified atom stereocenters. The summed E-state index contributed by atoms with van der Waals surface area (Å²) in [7, 11) is 0. The van der Waals surface area contributed by atoms with Crippen LogP contribution in [0.1, 0.15) is 30.6 Å². The zero-order chi connectivity index (χ0) is 15.9. The summed E-state index contributed by atoms with van der Waals surface area (Å²) in [4.78, 5) is 12.0. The van der Waals surface area contributed by atoms with Crippen LogP contribution in [0.5, 0.6) is 0 Å². The van der Waals surface area contributed by atoms with Crippen LogP contribution in [-0.4, -0.2) is 22.6 Å². The fraction of sp³-hybridized carbons (Fsp3) is 0.312. The van der Waals surface area contributed by atoms with Crippen molar-refractivity contribution < 1.29 is 4.79 Å². The quantitative estimate of drug-likeness (QED) is 0.816. The van der Waals surface area contributed by atoms with Crippen LogP contribution < -0.4 is 10.6 Å². The van der Waals surface area contributed by atoms with Crippen molar-refractivity contribution in [2.75, 3.05) is 17.2 Å². The standard InChI is InChI=1S/C16H19BrN4O/c1-11(2)9-10-18-14-7-8-15(21-20-14)19-16(22)12-3-5-13(17)6-4-12/h3-8,11H,9-10H2,1-2H3,(H,18,20)(H,19,21,22). The van der Waals surface area contributed by atoms with Crippen molar-refractivity contribution in [3.63, 3.8) is 0 Å². The Kier molecular flexibility index (Phi) is 5.89. The predicted molar refractivity (Wildman–Crippen MR) is 92.1 cm³/mol. The Labute approximate surface area is 138 Å². The van der Waals surface area contributed by atoms with E-state index in [2.05, 4.69) is 50.6 Å². The summed E-state index contributed by atoms with van der Waals surface area (Å²) in [5.74, 6) is 1.58. The minimum Gasteiger partial charge on any atom is -0.369 e. The van der Waals surface area contributed by atoms with Gasteiger partial charge in [0.1, 0.15) is 5.82 Å². The number of hydrogen-bond donors (Lipinski definition) is 2. The summed E-state index contributed by atoms with van der Waals surface area (Å²) in [5, 5.41) is 14.0. The van der Waals surface area contributed by atoms with E-state index >= 15 is 0 Å². The van der Waals surface area contributed by atoms with Gasteiger partial charge in [-0.1, -0.05) is 29.8 Å². The lowest BCUT2D eigenvalue weighted by atomic mass is 10.1. The SMILES string of the molecule is CC(C)CCNc1ccc(NC(=O)c2ccc(Br)cc2)nn1. The lowest BCUT2D eigenvalue weighted by Crippen LogP contribution is -2.14. The number of halogens is 1. The largest absolute Gasteiger partial charge is 0.369 e. The van der Waals surface area contributed by atoms with Gasteiger partial charge in [0.15, 0.2) is 5.82 Å². The van der Waals surface area contributed by atoms with Crippen LogP contribution in [0.25, 0.3) is 0 Å². The Morgan fingerprint density at radius 1 is 1.09 bits per heavy atom. The summed E-state index contributed by atoms with van der Waals surface area (Å²) < 4.78 is 0.931. The van der Waals surface area contributed by atoms with Crippen molar-refractivity contribution in [3.8, 4) is 0 Å². The van der Waals surface area contributed by atoms with Crippen LogP contribution in [-0.2, 0) is 0 Å². The van der Waals surface area contributed by atoms with Gasteiger partial charge in [0.25, 0.3) is 5.91 Å². The highest BCUT2D eigenvalue weighted by Gasteiger charge is 2.07. The number of amides is 1. The van der Waals surface area contributed by atoms with Crippen molar-refractivity contribution in [2.45, 2.75) is 20.3 Å². The minimum atomic E-state index is -0.206. The monoisotopic (exact) mass is 362 g/mol. The van der Waals surface area contributed by atoms with Crippen LogP contribution in [0.15, 0.2) is 40.9 Å². The average molecular weight is 363 g/mol. The van der Waals surface area contributed by atoms with E-state index in [-0.39, 0.29) is 5.91 Å². The second-order valence-corrected chi connectivity index (χ2v) is 6.29. The van der Waals surface area contributed by atoms with E-state index in [1.54, 1.807) is 18.2 Å². The molecule has 1 amide bonds. The van der Waals surface area contributed by atoms with Crippen LogP contribution in [0.2, 0.25) is 0 Å². The van der Waals surface area contributed by atoms with Crippen LogP contribution >= 0.6 is 15.9 Å². The number of nitrogens with zero attached hydrogens (tertiary/aromatic N) is 2. The molecule has 0 fully saturated rings. The molecule has 0 aliphatic rings. The highest BCUT2D eigenvalue weighted by Crippen LogP contribution is 2.12. The first kappa shape index (κ1) is 16.4. The molecule has 0 saturated heterocycles. The molecular weight excluding hydrogens is 344 g/mol. The number of hydrogen-bond acceptors (Lipinski definition) is 4. The van der Waals surface area contributed by atoms with Crippen molar-refractivity contribution in [1.82, 2.24) is 10.2 Å². The molecular formula is C16H19BrN4O. The Morgan fingerprint density at radius 3 is 2.32 bits per heavy atom. The average Bonchev–Trinajstić information content (AvgIpc) is 2.49. The molecule has 22 heavy (non-hydrogen) atoms. The second-order valence-electron chi connectivity index (χ2n) is 5.37. The first-order valence-corrected chi connectivity index (χ1v) is 7.98. The molecule has 0 atom stereocenters. The molecule has 0 aliphatic carbocycles. The first-order chi connectivity index (χ1) is 10.5. The number of nitrogens with one attached hydrogen (secondary N) is 2. The summed E-state index contributed by atoms with van der Waals surface area (Å²) in [6, 6.07) is 10.7. The maximum Gasteiger partial charge on any atom is 0.256 e. The zero-order valence-electron chi connectivity index (χ0n) is 12.6. The third-order valence-electron chi connectivity index (χ3n) is 3.04. The van der Waals surface area contributed by atoms with Gasteiger partial charge in [-0.25, -0.2) is 0 Å². The molecule has 0 aliphatic heterocycles. The van der Waals surface area contributed by atoms with Gasteiger partial charge >= 0.3 is 0 Å². The van der Waals surface area contributed by atoms with Gasteiger partial charge in [-0.05, 0) is 48.7 Å². The van der Waals surface area contributed by atoms with Gasteiger partial charge in [-0.2, -0.15) is 0 Å². The van der Waals surface area contributed by atoms with E-state index in [0.29, 0.717) is 23.1 Å². The molecule has 1 aromatic heterocycles. The third kappa shape index (κ3) is 5.11. The van der Waals surface area contributed by atoms with E-state index in [4.69, 9.17) is 0 Å². The molecule has 6 heteroatoms. The van der Waals surface area contributed by atoms with Crippen LogP contribution in [0.3, 0.4) is 0 Å². The highest BCUT2D eigenvalue weighted by molar-refractivity contribution is 9.10. The topological polar surface area (TPSA) is 66.9 Å². The molecule has 1 heterocycles. The lowest BCUT2D eigenvalue weighted by Gasteiger charge is -2.08. The maximum atomic E-state index is 12.0. The van der Waals surface area contributed by atoms with Crippen LogP contribution in [0, 0.1) is 5.92 Å². The van der Waals surface area contributed by atoms with E-state index < -0.39 is 0 Å². The van der Waals surface area contributed by atoms with Gasteiger partial charge < -0.3 is 10.6 Å². The van der Waals surface area contributed by atoms with Crippen LogP contribution in [0.4, 0.5) is 11.6 Å². The summed E-state index contributed by atoms with van der Waals surface area (Å²) in [6.45, 7) is 5.21. The van der Waals surface area contributed by atoms with E-state index in [0.717, 1.165) is 17.4 Å². The van der Waals surface area contributed by atoms with Gasteiger partial charge in [-0.15, -0.1) is 10.2 Å². The van der Waals surface area contributed by atoms with Gasteiger partial charge in [0, 0.05) is 16.6 Å². The first-order valence-electron chi connectivity index (χ1n) is 7.19. The Balaban J connectivity index is 1.90. The number of carbonyl (C=O) groups is 1. The Morgan fingerprint density at radius 2 is 1.73 bits per heavy atom. The summed E-state index contributed by atoms with van der Waals surface area (Å²) in [5.41, 5.74) is 0.573. The number of aromatic nitrogens is 2. The smallest absolute Gasteiger partial charge is 0.256 e. The molecule has 0 radical (unpaired) electrons. The summed E-state index contributed by atoms with van der Waals surface area (Å²) >= 11 is 3.34. The zero-order valence-corrected chi connectivity index (χ0v) is 14.2. The van der Waals surface area contributed by atoms with Crippen molar-refractivity contribution in [1.29, 1.82) is 0 Å². The van der Waals surface area contributed by atoms with Crippen molar-refractivity contribution in [2.24, 2.45) is 5.92 Å². The molecule has 2 N–H and O–H groups in total. The molecule has 2 rings (SSSR count). The minimum absolute atomic E-state index is 0.206. The molecule has 2 aromatic rings. The highest BCUT2D eigenvalue weighted by atomic mass is 79.9. The number of carbonyl (C=O) groups excluding carboxylic acids is 1. The third-order valence-corrected chi connectivity index (χ3v) is 3.57. The second kappa shape index (κ2) is 7.89. The summed E-state index contributed by atoms with van der Waals surface area (Å²) in [6.07, 6.45) is 1.07. The number of benzene rings is 1. The van der Waals surface area contributed by atoms with E-state index in [1.165, 1.54) is 0 Å². The molecule has 0 saturated carbocycles. The predicted octanol–water partition coefficient (Wildman–Crippen LogP) is 3.95. The fourth-order valence-electron chi connectivity index (χ4n) is 1.77. The normalized spacial score (nSPS) is 10.5. The molecule has 0 spiro atoms. The molecule has 1 aromatic carbocycles. The van der Waals surface area contributed by atoms with Crippen molar-refractivity contribution in [3.05, 3.63) is 46.4 Å². The van der Waals surface area contributed by atoms with Crippen molar-refractivity contribution >= 4 is 33.5 Å². The molecule has 116 valence electrons. The molecule has 0 bridgehead atoms.